The normalized spacial score (nSPS) is 12.1. The lowest BCUT2D eigenvalue weighted by Crippen LogP contribution is -2.02. The number of aryl methyl sites for hydroxylation is 1. The molecule has 2 rings (SSSR count). The average molecular weight is 432 g/mol. The van der Waals surface area contributed by atoms with Gasteiger partial charge in [-0.3, -0.25) is 4.98 Å². The fourth-order valence-electron chi connectivity index (χ4n) is 3.67. The predicted molar refractivity (Wildman–Crippen MR) is 126 cm³/mol. The molecule has 0 spiro atoms. The minimum Gasteiger partial charge on any atom is -0.491 e. The van der Waals surface area contributed by atoms with Crippen LogP contribution in [0.25, 0.3) is 11.3 Å². The van der Waals surface area contributed by atoms with E-state index < -0.39 is 6.17 Å². The highest BCUT2D eigenvalue weighted by molar-refractivity contribution is 5.60. The van der Waals surface area contributed by atoms with Crippen molar-refractivity contribution in [2.45, 2.75) is 97.1 Å². The maximum atomic E-state index is 14.4. The summed E-state index contributed by atoms with van der Waals surface area (Å²) in [6.45, 7) is 4.88. The van der Waals surface area contributed by atoms with Crippen molar-refractivity contribution in [2.75, 3.05) is 6.61 Å². The van der Waals surface area contributed by atoms with E-state index in [-0.39, 0.29) is 5.82 Å². The van der Waals surface area contributed by atoms with E-state index >= 15 is 0 Å². The molecule has 0 saturated heterocycles. The van der Waals surface area contributed by atoms with Gasteiger partial charge in [0.2, 0.25) is 0 Å². The van der Waals surface area contributed by atoms with Crippen molar-refractivity contribution in [1.82, 2.24) is 4.98 Å². The Balaban J connectivity index is 1.79. The van der Waals surface area contributed by atoms with Gasteiger partial charge in [0.25, 0.3) is 0 Å². The van der Waals surface area contributed by atoms with Crippen molar-refractivity contribution in [3.8, 4) is 17.0 Å². The maximum Gasteiger partial charge on any atom is 0.165 e. The summed E-state index contributed by atoms with van der Waals surface area (Å²) in [5.41, 5.74) is 2.45. The van der Waals surface area contributed by atoms with Gasteiger partial charge in [-0.1, -0.05) is 71.3 Å². The van der Waals surface area contributed by atoms with Crippen molar-refractivity contribution in [2.24, 2.45) is 0 Å². The Bertz CT molecular complexity index is 733. The fraction of sp³-hybridized carbons (Fsp3) is 0.593. The summed E-state index contributed by atoms with van der Waals surface area (Å²) in [6.07, 6.45) is 13.1. The number of hydrogen-bond acceptors (Lipinski definition) is 2. The standard InChI is InChI=1S/C27H39F2NO/c1-3-5-7-8-9-11-19-31-27-18-15-23(20-25(27)29)26-17-14-22(21-30-26)13-16-24(28)12-10-6-4-2/h14-15,17-18,20-21,24H,3-13,16,19H2,1-2H3. The highest BCUT2D eigenvalue weighted by atomic mass is 19.1. The van der Waals surface area contributed by atoms with Crippen LogP contribution in [0.2, 0.25) is 0 Å². The zero-order chi connectivity index (χ0) is 22.3. The molecule has 1 heterocycles. The highest BCUT2D eigenvalue weighted by Crippen LogP contribution is 2.25. The van der Waals surface area contributed by atoms with Crippen LogP contribution in [0.1, 0.15) is 90.0 Å². The molecule has 4 heteroatoms. The third-order valence-electron chi connectivity index (χ3n) is 5.67. The van der Waals surface area contributed by atoms with Gasteiger partial charge < -0.3 is 4.74 Å². The van der Waals surface area contributed by atoms with E-state index in [2.05, 4.69) is 18.8 Å². The summed E-state index contributed by atoms with van der Waals surface area (Å²) < 4.78 is 34.0. The van der Waals surface area contributed by atoms with Crippen LogP contribution in [0.3, 0.4) is 0 Å². The van der Waals surface area contributed by atoms with E-state index in [0.29, 0.717) is 37.3 Å². The van der Waals surface area contributed by atoms with Gasteiger partial charge in [0.15, 0.2) is 11.6 Å². The first-order valence-corrected chi connectivity index (χ1v) is 12.2. The highest BCUT2D eigenvalue weighted by Gasteiger charge is 2.09. The molecular formula is C27H39F2NO. The second-order valence-electron chi connectivity index (χ2n) is 8.44. The molecular weight excluding hydrogens is 392 g/mol. The molecule has 1 atom stereocenters. The van der Waals surface area contributed by atoms with Gasteiger partial charge in [-0.2, -0.15) is 0 Å². The van der Waals surface area contributed by atoms with Crippen LogP contribution in [0.5, 0.6) is 5.75 Å². The minimum atomic E-state index is -0.746. The first-order valence-electron chi connectivity index (χ1n) is 12.2. The Labute approximate surface area is 187 Å². The molecule has 2 nitrogen and oxygen atoms in total. The summed E-state index contributed by atoms with van der Waals surface area (Å²) >= 11 is 0. The van der Waals surface area contributed by atoms with E-state index in [1.807, 2.05) is 18.2 Å². The molecule has 0 aliphatic heterocycles. The number of pyridine rings is 1. The van der Waals surface area contributed by atoms with Crippen molar-refractivity contribution >= 4 is 0 Å². The lowest BCUT2D eigenvalue weighted by molar-refractivity contribution is 0.288. The second kappa shape index (κ2) is 14.9. The van der Waals surface area contributed by atoms with Crippen LogP contribution < -0.4 is 4.74 Å². The van der Waals surface area contributed by atoms with Gasteiger partial charge in [-0.15, -0.1) is 0 Å². The number of nitrogens with zero attached hydrogens (tertiary/aromatic N) is 1. The fourth-order valence-corrected chi connectivity index (χ4v) is 3.67. The number of rotatable bonds is 16. The van der Waals surface area contributed by atoms with E-state index in [9.17, 15) is 8.78 Å². The van der Waals surface area contributed by atoms with Crippen molar-refractivity contribution in [3.63, 3.8) is 0 Å². The molecule has 1 aromatic heterocycles. The molecule has 1 unspecified atom stereocenters. The Morgan fingerprint density at radius 3 is 2.32 bits per heavy atom. The lowest BCUT2D eigenvalue weighted by Gasteiger charge is -2.10. The van der Waals surface area contributed by atoms with Gasteiger partial charge in [-0.25, -0.2) is 8.78 Å². The SMILES string of the molecule is CCCCCCCCOc1ccc(-c2ccc(CCC(F)CCCCC)cn2)cc1F. The van der Waals surface area contributed by atoms with Gasteiger partial charge in [0.05, 0.1) is 12.3 Å². The first-order chi connectivity index (χ1) is 15.1. The Kier molecular flexibility index (Phi) is 12.2. The van der Waals surface area contributed by atoms with Crippen molar-refractivity contribution in [1.29, 1.82) is 0 Å². The zero-order valence-corrected chi connectivity index (χ0v) is 19.3. The molecule has 0 N–H and O–H groups in total. The zero-order valence-electron chi connectivity index (χ0n) is 19.3. The molecule has 0 aliphatic rings. The summed E-state index contributed by atoms with van der Waals surface area (Å²) in [7, 11) is 0. The molecule has 1 aromatic carbocycles. The molecule has 31 heavy (non-hydrogen) atoms. The Morgan fingerprint density at radius 1 is 0.871 bits per heavy atom. The second-order valence-corrected chi connectivity index (χ2v) is 8.44. The van der Waals surface area contributed by atoms with Gasteiger partial charge in [0.1, 0.15) is 6.17 Å². The van der Waals surface area contributed by atoms with Crippen LogP contribution >= 0.6 is 0 Å². The summed E-state index contributed by atoms with van der Waals surface area (Å²) in [4.78, 5) is 4.45. The van der Waals surface area contributed by atoms with E-state index in [4.69, 9.17) is 4.74 Å². The average Bonchev–Trinajstić information content (AvgIpc) is 2.78. The topological polar surface area (TPSA) is 22.1 Å². The molecule has 0 aliphatic carbocycles. The first kappa shape index (κ1) is 25.3. The van der Waals surface area contributed by atoms with Gasteiger partial charge in [0, 0.05) is 11.8 Å². The number of benzene rings is 1. The van der Waals surface area contributed by atoms with Gasteiger partial charge in [-0.05, 0) is 55.5 Å². The third-order valence-corrected chi connectivity index (χ3v) is 5.67. The minimum absolute atomic E-state index is 0.297. The number of aromatic nitrogens is 1. The van der Waals surface area contributed by atoms with Crippen LogP contribution in [0, 0.1) is 5.82 Å². The molecule has 0 fully saturated rings. The molecule has 172 valence electrons. The van der Waals surface area contributed by atoms with E-state index in [0.717, 1.165) is 43.2 Å². The van der Waals surface area contributed by atoms with Crippen molar-refractivity contribution < 1.29 is 13.5 Å². The maximum absolute atomic E-state index is 14.4. The van der Waals surface area contributed by atoms with E-state index in [1.54, 1.807) is 12.3 Å². The molecule has 0 radical (unpaired) electrons. The number of halogens is 2. The molecule has 0 bridgehead atoms. The summed E-state index contributed by atoms with van der Waals surface area (Å²) in [6, 6.07) is 8.84. The predicted octanol–water partition coefficient (Wildman–Crippen LogP) is 8.48. The smallest absolute Gasteiger partial charge is 0.165 e. The van der Waals surface area contributed by atoms with Crippen LogP contribution in [-0.4, -0.2) is 17.8 Å². The Hall–Kier alpha value is -1.97. The number of unbranched alkanes of at least 4 members (excludes halogenated alkanes) is 7. The number of hydrogen-bond donors (Lipinski definition) is 0. The molecule has 0 amide bonds. The van der Waals surface area contributed by atoms with Crippen molar-refractivity contribution in [3.05, 3.63) is 47.9 Å². The monoisotopic (exact) mass is 431 g/mol. The third kappa shape index (κ3) is 9.80. The number of alkyl halides is 1. The molecule has 2 aromatic rings. The van der Waals surface area contributed by atoms with Crippen LogP contribution in [-0.2, 0) is 6.42 Å². The summed E-state index contributed by atoms with van der Waals surface area (Å²) in [5, 5.41) is 0. The van der Waals surface area contributed by atoms with Gasteiger partial charge >= 0.3 is 0 Å². The van der Waals surface area contributed by atoms with E-state index in [1.165, 1.54) is 31.7 Å². The largest absolute Gasteiger partial charge is 0.491 e. The number of ether oxygens (including phenoxy) is 1. The summed E-state index contributed by atoms with van der Waals surface area (Å²) in [5.74, 6) is -0.0623. The lowest BCUT2D eigenvalue weighted by atomic mass is 10.0. The van der Waals surface area contributed by atoms with Crippen LogP contribution in [0.4, 0.5) is 8.78 Å². The Morgan fingerprint density at radius 2 is 1.61 bits per heavy atom. The quantitative estimate of drug-likeness (QED) is 0.249. The molecule has 0 saturated carbocycles. The van der Waals surface area contributed by atoms with Crippen LogP contribution in [0.15, 0.2) is 36.5 Å².